The molecule has 2 N–H and O–H groups in total. The van der Waals surface area contributed by atoms with E-state index < -0.39 is 6.04 Å². The van der Waals surface area contributed by atoms with Gasteiger partial charge in [-0.15, -0.1) is 0 Å². The fourth-order valence-electron chi connectivity index (χ4n) is 2.42. The largest absolute Gasteiger partial charge is 0.376 e. The molecule has 6 heteroatoms. The van der Waals surface area contributed by atoms with Crippen LogP contribution in [0.4, 0.5) is 21.5 Å². The lowest BCUT2D eigenvalue weighted by Crippen LogP contribution is -2.21. The molecule has 0 radical (unpaired) electrons. The average Bonchev–Trinajstić information content (AvgIpc) is 2.75. The van der Waals surface area contributed by atoms with Gasteiger partial charge in [-0.2, -0.15) is 0 Å². The highest BCUT2D eigenvalue weighted by Gasteiger charge is 2.31. The molecule has 1 aliphatic heterocycles. The number of carbonyl (C=O) groups is 1. The van der Waals surface area contributed by atoms with Crippen molar-refractivity contribution >= 4 is 23.0 Å². The van der Waals surface area contributed by atoms with Crippen LogP contribution in [-0.4, -0.2) is 25.0 Å². The number of halogens is 1. The van der Waals surface area contributed by atoms with Crippen molar-refractivity contribution in [2.75, 3.05) is 29.6 Å². The first kappa shape index (κ1) is 13.4. The molecule has 1 aromatic heterocycles. The lowest BCUT2D eigenvalue weighted by atomic mass is 10.1. The van der Waals surface area contributed by atoms with Crippen LogP contribution in [0.3, 0.4) is 0 Å². The number of pyridine rings is 1. The van der Waals surface area contributed by atoms with Gasteiger partial charge < -0.3 is 15.5 Å². The second-order valence-corrected chi connectivity index (χ2v) is 5.09. The molecule has 1 unspecified atom stereocenters. The van der Waals surface area contributed by atoms with Crippen LogP contribution in [0.2, 0.25) is 0 Å². The highest BCUT2D eigenvalue weighted by atomic mass is 19.1. The van der Waals surface area contributed by atoms with Gasteiger partial charge in [0.1, 0.15) is 11.9 Å². The Bertz CT molecular complexity index is 702. The van der Waals surface area contributed by atoms with Gasteiger partial charge in [0.05, 0.1) is 17.6 Å². The third kappa shape index (κ3) is 2.40. The van der Waals surface area contributed by atoms with Gasteiger partial charge in [0.2, 0.25) is 0 Å². The van der Waals surface area contributed by atoms with Gasteiger partial charge in [-0.3, -0.25) is 9.78 Å². The number of hydrogen-bond acceptors (Lipinski definition) is 4. The van der Waals surface area contributed by atoms with Crippen molar-refractivity contribution in [2.45, 2.75) is 6.04 Å². The Morgan fingerprint density at radius 3 is 2.90 bits per heavy atom. The van der Waals surface area contributed by atoms with Crippen molar-refractivity contribution < 1.29 is 9.18 Å². The van der Waals surface area contributed by atoms with Crippen LogP contribution in [0.5, 0.6) is 0 Å². The fraction of sp³-hybridized carbons (Fsp3) is 0.200. The highest BCUT2D eigenvalue weighted by molar-refractivity contribution is 6.04. The number of hydrogen-bond donors (Lipinski definition) is 2. The van der Waals surface area contributed by atoms with Crippen LogP contribution < -0.4 is 15.5 Å². The summed E-state index contributed by atoms with van der Waals surface area (Å²) in [5.74, 6) is -0.569. The van der Waals surface area contributed by atoms with Crippen molar-refractivity contribution in [3.8, 4) is 0 Å². The quantitative estimate of drug-likeness (QED) is 0.909. The molecule has 3 rings (SSSR count). The van der Waals surface area contributed by atoms with Gasteiger partial charge in [0, 0.05) is 31.5 Å². The van der Waals surface area contributed by atoms with Crippen LogP contribution in [0.15, 0.2) is 36.7 Å². The number of carbonyl (C=O) groups excluding carboxylic acids is 1. The predicted molar refractivity (Wildman–Crippen MR) is 80.0 cm³/mol. The first-order valence-electron chi connectivity index (χ1n) is 6.54. The van der Waals surface area contributed by atoms with Crippen molar-refractivity contribution in [1.82, 2.24) is 4.98 Å². The van der Waals surface area contributed by atoms with Gasteiger partial charge in [-0.05, 0) is 24.3 Å². The van der Waals surface area contributed by atoms with Gasteiger partial charge in [-0.25, -0.2) is 4.39 Å². The van der Waals surface area contributed by atoms with E-state index >= 15 is 0 Å². The molecule has 108 valence electrons. The maximum absolute atomic E-state index is 13.4. The lowest BCUT2D eigenvalue weighted by molar-refractivity contribution is -0.116. The van der Waals surface area contributed by atoms with E-state index in [1.165, 1.54) is 12.1 Å². The summed E-state index contributed by atoms with van der Waals surface area (Å²) in [4.78, 5) is 18.1. The fourth-order valence-corrected chi connectivity index (χ4v) is 2.42. The summed E-state index contributed by atoms with van der Waals surface area (Å²) in [5.41, 5.74) is 2.87. The van der Waals surface area contributed by atoms with E-state index in [2.05, 4.69) is 15.6 Å². The van der Waals surface area contributed by atoms with Gasteiger partial charge in [-0.1, -0.05) is 0 Å². The minimum atomic E-state index is -0.626. The van der Waals surface area contributed by atoms with Crippen LogP contribution >= 0.6 is 0 Å². The molecule has 21 heavy (non-hydrogen) atoms. The van der Waals surface area contributed by atoms with E-state index in [1.54, 1.807) is 18.5 Å². The first-order chi connectivity index (χ1) is 10.1. The minimum absolute atomic E-state index is 0.204. The number of fused-ring (bicyclic) bond motifs is 1. The van der Waals surface area contributed by atoms with Gasteiger partial charge >= 0.3 is 0 Å². The molecule has 0 bridgehead atoms. The molecule has 0 saturated carbocycles. The number of amides is 1. The number of nitrogens with one attached hydrogen (secondary N) is 2. The van der Waals surface area contributed by atoms with Crippen LogP contribution in [-0.2, 0) is 4.79 Å². The Kier molecular flexibility index (Phi) is 3.21. The molecule has 0 fully saturated rings. The zero-order valence-electron chi connectivity index (χ0n) is 11.7. The molecule has 1 aromatic carbocycles. The second kappa shape index (κ2) is 5.05. The summed E-state index contributed by atoms with van der Waals surface area (Å²) in [7, 11) is 3.81. The highest BCUT2D eigenvalue weighted by Crippen LogP contribution is 2.35. The molecule has 5 nitrogen and oxygen atoms in total. The molecule has 2 aromatic rings. The average molecular weight is 286 g/mol. The minimum Gasteiger partial charge on any atom is -0.376 e. The van der Waals surface area contributed by atoms with Gasteiger partial charge in [0.25, 0.3) is 5.91 Å². The maximum Gasteiger partial charge on any atom is 0.251 e. The van der Waals surface area contributed by atoms with Crippen molar-refractivity contribution in [1.29, 1.82) is 0 Å². The lowest BCUT2D eigenvalue weighted by Gasteiger charge is -2.20. The molecule has 2 heterocycles. The Morgan fingerprint density at radius 1 is 1.33 bits per heavy atom. The molecule has 1 atom stereocenters. The van der Waals surface area contributed by atoms with E-state index in [0.29, 0.717) is 11.3 Å². The zero-order valence-corrected chi connectivity index (χ0v) is 11.7. The van der Waals surface area contributed by atoms with E-state index in [1.807, 2.05) is 25.1 Å². The van der Waals surface area contributed by atoms with E-state index in [0.717, 1.165) is 11.4 Å². The normalized spacial score (nSPS) is 16.3. The number of benzene rings is 1. The number of nitrogens with zero attached hydrogens (tertiary/aromatic N) is 2. The number of aromatic nitrogens is 1. The molecular weight excluding hydrogens is 271 g/mol. The summed E-state index contributed by atoms with van der Waals surface area (Å²) in [6.07, 6.45) is 3.34. The Morgan fingerprint density at radius 2 is 2.14 bits per heavy atom. The SMILES string of the molecule is CN(C)c1ccncc1NC1C(=O)Nc2ccc(F)cc21. The zero-order chi connectivity index (χ0) is 15.0. The molecule has 0 aliphatic carbocycles. The summed E-state index contributed by atoms with van der Waals surface area (Å²) in [6, 6.07) is 5.49. The van der Waals surface area contributed by atoms with Crippen LogP contribution in [0.25, 0.3) is 0 Å². The Hall–Kier alpha value is -2.63. The van der Waals surface area contributed by atoms with Crippen molar-refractivity contribution in [3.63, 3.8) is 0 Å². The number of rotatable bonds is 3. The van der Waals surface area contributed by atoms with Crippen LogP contribution in [0, 0.1) is 5.82 Å². The summed E-state index contributed by atoms with van der Waals surface area (Å²) in [5, 5.41) is 5.88. The molecule has 1 amide bonds. The Balaban J connectivity index is 1.96. The summed E-state index contributed by atoms with van der Waals surface area (Å²) < 4.78 is 13.4. The van der Waals surface area contributed by atoms with Crippen molar-refractivity contribution in [3.05, 3.63) is 48.0 Å². The predicted octanol–water partition coefficient (Wildman–Crippen LogP) is 2.39. The monoisotopic (exact) mass is 286 g/mol. The standard InChI is InChI=1S/C15H15FN4O/c1-20(2)13-5-6-17-8-12(13)18-14-10-7-9(16)3-4-11(10)19-15(14)21/h3-8,14,18H,1-2H3,(H,19,21). The second-order valence-electron chi connectivity index (χ2n) is 5.09. The van der Waals surface area contributed by atoms with Crippen molar-refractivity contribution in [2.24, 2.45) is 0 Å². The molecule has 0 saturated heterocycles. The smallest absolute Gasteiger partial charge is 0.251 e. The van der Waals surface area contributed by atoms with E-state index in [4.69, 9.17) is 0 Å². The molecule has 0 spiro atoms. The maximum atomic E-state index is 13.4. The third-order valence-electron chi connectivity index (χ3n) is 3.42. The molecule has 1 aliphatic rings. The molecular formula is C15H15FN4O. The Labute approximate surface area is 121 Å². The topological polar surface area (TPSA) is 57.3 Å². The van der Waals surface area contributed by atoms with E-state index in [-0.39, 0.29) is 11.7 Å². The third-order valence-corrected chi connectivity index (χ3v) is 3.42. The summed E-state index contributed by atoms with van der Waals surface area (Å²) in [6.45, 7) is 0. The summed E-state index contributed by atoms with van der Waals surface area (Å²) >= 11 is 0. The van der Waals surface area contributed by atoms with Gasteiger partial charge in [0.15, 0.2) is 0 Å². The first-order valence-corrected chi connectivity index (χ1v) is 6.54. The van der Waals surface area contributed by atoms with Crippen LogP contribution in [0.1, 0.15) is 11.6 Å². The number of anilines is 3. The van der Waals surface area contributed by atoms with E-state index in [9.17, 15) is 9.18 Å².